The second kappa shape index (κ2) is 8.45. The number of hydrogen-bond donors (Lipinski definition) is 4. The van der Waals surface area contributed by atoms with Crippen molar-refractivity contribution in [2.24, 2.45) is 5.10 Å². The third-order valence-electron chi connectivity index (χ3n) is 3.02. The molecule has 130 valence electrons. The molecule has 0 aliphatic rings. The van der Waals surface area contributed by atoms with Gasteiger partial charge in [0, 0.05) is 5.69 Å². The van der Waals surface area contributed by atoms with Gasteiger partial charge >= 0.3 is 5.97 Å². The standard InChI is InChI=1S/C16H14BrN3O4S/c1-24-13-6-9(5-12(17)14(13)21)8-18-20-16(25)19-11-4-2-3-10(7-11)15(22)23/h2-8,21H,1H3,(H,22,23)(H2,19,20,25)/b18-8-. The normalized spacial score (nSPS) is 10.5. The van der Waals surface area contributed by atoms with Crippen molar-refractivity contribution in [3.05, 3.63) is 52.0 Å². The van der Waals surface area contributed by atoms with E-state index in [1.54, 1.807) is 24.3 Å². The molecule has 0 aliphatic carbocycles. The van der Waals surface area contributed by atoms with Crippen LogP contribution in [0.1, 0.15) is 15.9 Å². The molecule has 0 fully saturated rings. The van der Waals surface area contributed by atoms with Gasteiger partial charge in [0.25, 0.3) is 0 Å². The molecule has 4 N–H and O–H groups in total. The van der Waals surface area contributed by atoms with Crippen LogP contribution in [0.25, 0.3) is 0 Å². The summed E-state index contributed by atoms with van der Waals surface area (Å²) in [5.74, 6) is -0.711. The summed E-state index contributed by atoms with van der Waals surface area (Å²) in [6.45, 7) is 0. The predicted molar refractivity (Wildman–Crippen MR) is 103 cm³/mol. The maximum absolute atomic E-state index is 10.9. The number of halogens is 1. The van der Waals surface area contributed by atoms with E-state index in [1.165, 1.54) is 25.5 Å². The molecular formula is C16H14BrN3O4S. The molecule has 0 heterocycles. The number of aromatic carboxylic acids is 1. The predicted octanol–water partition coefficient (Wildman–Crippen LogP) is 3.18. The number of phenolic OH excluding ortho intramolecular Hbond substituents is 1. The molecule has 0 unspecified atom stereocenters. The Morgan fingerprint density at radius 3 is 2.80 bits per heavy atom. The van der Waals surface area contributed by atoms with Gasteiger partial charge in [-0.2, -0.15) is 5.10 Å². The van der Waals surface area contributed by atoms with Crippen LogP contribution in [0.4, 0.5) is 5.69 Å². The first kappa shape index (κ1) is 18.7. The minimum atomic E-state index is -1.02. The van der Waals surface area contributed by atoms with E-state index in [4.69, 9.17) is 22.1 Å². The highest BCUT2D eigenvalue weighted by Crippen LogP contribution is 2.34. The molecule has 0 spiro atoms. The monoisotopic (exact) mass is 423 g/mol. The summed E-state index contributed by atoms with van der Waals surface area (Å²) in [6.07, 6.45) is 1.49. The summed E-state index contributed by atoms with van der Waals surface area (Å²) in [4.78, 5) is 10.9. The van der Waals surface area contributed by atoms with E-state index in [1.807, 2.05) is 0 Å². The lowest BCUT2D eigenvalue weighted by molar-refractivity contribution is 0.0697. The summed E-state index contributed by atoms with van der Waals surface area (Å²) in [7, 11) is 1.45. The number of thiocarbonyl (C=S) groups is 1. The summed E-state index contributed by atoms with van der Waals surface area (Å²) < 4.78 is 5.53. The molecule has 9 heteroatoms. The van der Waals surface area contributed by atoms with E-state index in [9.17, 15) is 9.90 Å². The molecule has 0 radical (unpaired) electrons. The Kier molecular flexibility index (Phi) is 6.31. The van der Waals surface area contributed by atoms with E-state index >= 15 is 0 Å². The van der Waals surface area contributed by atoms with Crippen molar-refractivity contribution in [1.29, 1.82) is 0 Å². The number of methoxy groups -OCH3 is 1. The second-order valence-electron chi connectivity index (χ2n) is 4.76. The minimum Gasteiger partial charge on any atom is -0.503 e. The quantitative estimate of drug-likeness (QED) is 0.332. The summed E-state index contributed by atoms with van der Waals surface area (Å²) in [5, 5.41) is 25.7. The third kappa shape index (κ3) is 5.16. The number of hydrazone groups is 1. The van der Waals surface area contributed by atoms with Crippen molar-refractivity contribution < 1.29 is 19.7 Å². The maximum Gasteiger partial charge on any atom is 0.335 e. The van der Waals surface area contributed by atoms with Crippen molar-refractivity contribution in [2.45, 2.75) is 0 Å². The molecule has 7 nitrogen and oxygen atoms in total. The zero-order valence-electron chi connectivity index (χ0n) is 13.0. The highest BCUT2D eigenvalue weighted by Gasteiger charge is 2.07. The van der Waals surface area contributed by atoms with Crippen LogP contribution >= 0.6 is 28.1 Å². The van der Waals surface area contributed by atoms with E-state index in [2.05, 4.69) is 31.8 Å². The number of carboxylic acids is 1. The maximum atomic E-state index is 10.9. The Morgan fingerprint density at radius 2 is 2.12 bits per heavy atom. The highest BCUT2D eigenvalue weighted by molar-refractivity contribution is 9.10. The third-order valence-corrected chi connectivity index (χ3v) is 3.82. The average molecular weight is 424 g/mol. The van der Waals surface area contributed by atoms with Gasteiger partial charge in [0.1, 0.15) is 0 Å². The zero-order valence-corrected chi connectivity index (χ0v) is 15.4. The lowest BCUT2D eigenvalue weighted by Gasteiger charge is -2.08. The average Bonchev–Trinajstić information content (AvgIpc) is 2.58. The van der Waals surface area contributed by atoms with Crippen molar-refractivity contribution >= 4 is 51.1 Å². The van der Waals surface area contributed by atoms with Gasteiger partial charge in [0.05, 0.1) is 23.4 Å². The molecule has 25 heavy (non-hydrogen) atoms. The van der Waals surface area contributed by atoms with Crippen LogP contribution in [0, 0.1) is 0 Å². The van der Waals surface area contributed by atoms with Crippen molar-refractivity contribution in [3.8, 4) is 11.5 Å². The fourth-order valence-corrected chi connectivity index (χ4v) is 2.51. The van der Waals surface area contributed by atoms with Gasteiger partial charge in [-0.25, -0.2) is 4.79 Å². The number of nitrogens with one attached hydrogen (secondary N) is 2. The first-order chi connectivity index (χ1) is 11.9. The lowest BCUT2D eigenvalue weighted by atomic mass is 10.2. The topological polar surface area (TPSA) is 103 Å². The Balaban J connectivity index is 2.00. The van der Waals surface area contributed by atoms with Gasteiger partial charge in [-0.05, 0) is 64.0 Å². The number of anilines is 1. The van der Waals surface area contributed by atoms with Crippen LogP contribution in [-0.2, 0) is 0 Å². The Morgan fingerprint density at radius 1 is 1.36 bits per heavy atom. The largest absolute Gasteiger partial charge is 0.503 e. The Bertz CT molecular complexity index is 842. The van der Waals surface area contributed by atoms with Crippen molar-refractivity contribution in [3.63, 3.8) is 0 Å². The highest BCUT2D eigenvalue weighted by atomic mass is 79.9. The number of rotatable bonds is 5. The number of benzene rings is 2. The van der Waals surface area contributed by atoms with Gasteiger partial charge in [-0.1, -0.05) is 6.07 Å². The molecule has 0 amide bonds. The first-order valence-electron chi connectivity index (χ1n) is 6.90. The van der Waals surface area contributed by atoms with Gasteiger partial charge in [0.2, 0.25) is 0 Å². The molecular weight excluding hydrogens is 410 g/mol. The van der Waals surface area contributed by atoms with Crippen molar-refractivity contribution in [2.75, 3.05) is 12.4 Å². The molecule has 2 aromatic carbocycles. The van der Waals surface area contributed by atoms with E-state index in [-0.39, 0.29) is 16.4 Å². The van der Waals surface area contributed by atoms with Gasteiger partial charge in [-0.15, -0.1) is 0 Å². The van der Waals surface area contributed by atoms with E-state index < -0.39 is 5.97 Å². The number of aromatic hydroxyl groups is 1. The number of phenols is 1. The number of carboxylic acid groups (broad SMARTS) is 1. The molecule has 0 saturated heterocycles. The minimum absolute atomic E-state index is 0.00288. The first-order valence-corrected chi connectivity index (χ1v) is 8.10. The van der Waals surface area contributed by atoms with Gasteiger partial charge in [-0.3, -0.25) is 5.43 Å². The lowest BCUT2D eigenvalue weighted by Crippen LogP contribution is -2.24. The molecule has 2 aromatic rings. The van der Waals surface area contributed by atoms with E-state index in [0.717, 1.165) is 0 Å². The van der Waals surface area contributed by atoms with Crippen LogP contribution in [-0.4, -0.2) is 34.6 Å². The number of hydrogen-bond acceptors (Lipinski definition) is 5. The molecule has 0 atom stereocenters. The summed E-state index contributed by atoms with van der Waals surface area (Å²) in [5.41, 5.74) is 3.97. The van der Waals surface area contributed by atoms with Crippen LogP contribution in [0.15, 0.2) is 46.0 Å². The van der Waals surface area contributed by atoms with Crippen LogP contribution in [0.3, 0.4) is 0 Å². The Hall–Kier alpha value is -2.65. The van der Waals surface area contributed by atoms with E-state index in [0.29, 0.717) is 21.5 Å². The smallest absolute Gasteiger partial charge is 0.335 e. The molecule has 2 rings (SSSR count). The molecule has 0 aliphatic heterocycles. The zero-order chi connectivity index (χ0) is 18.4. The van der Waals surface area contributed by atoms with Crippen LogP contribution in [0.5, 0.6) is 11.5 Å². The summed E-state index contributed by atoms with van der Waals surface area (Å²) >= 11 is 8.32. The van der Waals surface area contributed by atoms with Crippen molar-refractivity contribution in [1.82, 2.24) is 5.43 Å². The number of ether oxygens (including phenoxy) is 1. The second-order valence-corrected chi connectivity index (χ2v) is 6.03. The molecule has 0 bridgehead atoms. The number of nitrogens with zero attached hydrogens (tertiary/aromatic N) is 1. The van der Waals surface area contributed by atoms with Crippen LogP contribution < -0.4 is 15.5 Å². The fraction of sp³-hybridized carbons (Fsp3) is 0.0625. The fourth-order valence-electron chi connectivity index (χ4n) is 1.88. The Labute approximate surface area is 157 Å². The SMILES string of the molecule is COc1cc(/C=N\NC(=S)Nc2cccc(C(=O)O)c2)cc(Br)c1O. The number of carbonyl (C=O) groups is 1. The molecule has 0 aromatic heterocycles. The van der Waals surface area contributed by atoms with Gasteiger partial charge < -0.3 is 20.3 Å². The van der Waals surface area contributed by atoms with Gasteiger partial charge in [0.15, 0.2) is 16.6 Å². The molecule has 0 saturated carbocycles. The summed E-state index contributed by atoms with van der Waals surface area (Å²) in [6, 6.07) is 9.51. The van der Waals surface area contributed by atoms with Crippen LogP contribution in [0.2, 0.25) is 0 Å².